The molecule has 3 aliphatic rings. The van der Waals surface area contributed by atoms with E-state index in [9.17, 15) is 9.18 Å². The molecule has 172 valence electrons. The number of likely N-dealkylation sites (tertiary alicyclic amines) is 1. The van der Waals surface area contributed by atoms with Crippen LogP contribution in [0.2, 0.25) is 0 Å². The summed E-state index contributed by atoms with van der Waals surface area (Å²) in [7, 11) is 0. The Morgan fingerprint density at radius 3 is 2.73 bits per heavy atom. The Kier molecular flexibility index (Phi) is 5.01. The molecule has 3 aromatic rings. The first-order chi connectivity index (χ1) is 16.1. The Bertz CT molecular complexity index is 1190. The summed E-state index contributed by atoms with van der Waals surface area (Å²) in [4.78, 5) is 26.6. The van der Waals surface area contributed by atoms with E-state index in [0.29, 0.717) is 35.6 Å². The van der Waals surface area contributed by atoms with Gasteiger partial charge in [0.2, 0.25) is 17.6 Å². The van der Waals surface area contributed by atoms with Crippen molar-refractivity contribution in [3.63, 3.8) is 0 Å². The van der Waals surface area contributed by atoms with Gasteiger partial charge in [-0.05, 0) is 63.9 Å². The minimum Gasteiger partial charge on any atom is -0.339 e. The molecular formula is C24H27FN6O2. The molecule has 2 fully saturated rings. The van der Waals surface area contributed by atoms with E-state index < -0.39 is 0 Å². The van der Waals surface area contributed by atoms with Gasteiger partial charge in [-0.3, -0.25) is 14.3 Å². The molecule has 1 saturated carbocycles. The van der Waals surface area contributed by atoms with Crippen molar-refractivity contribution in [1.82, 2.24) is 24.6 Å². The van der Waals surface area contributed by atoms with E-state index in [1.807, 2.05) is 11.5 Å². The van der Waals surface area contributed by atoms with Crippen LogP contribution in [0.25, 0.3) is 17.2 Å². The number of amides is 1. The first-order valence-corrected chi connectivity index (χ1v) is 11.9. The number of carbonyl (C=O) groups excluding carboxylic acids is 1. The maximum atomic E-state index is 14.3. The summed E-state index contributed by atoms with van der Waals surface area (Å²) in [5, 5.41) is 4.24. The van der Waals surface area contributed by atoms with Gasteiger partial charge in [-0.2, -0.15) is 4.98 Å². The van der Waals surface area contributed by atoms with Crippen molar-refractivity contribution >= 4 is 11.6 Å². The Morgan fingerprint density at radius 2 is 1.94 bits per heavy atom. The van der Waals surface area contributed by atoms with Crippen molar-refractivity contribution in [2.75, 3.05) is 24.5 Å². The summed E-state index contributed by atoms with van der Waals surface area (Å²) >= 11 is 0. The van der Waals surface area contributed by atoms with Gasteiger partial charge in [0.15, 0.2) is 0 Å². The molecule has 8 nitrogen and oxygen atoms in total. The lowest BCUT2D eigenvalue weighted by atomic mass is 10.0. The molecule has 6 rings (SSSR count). The second-order valence-electron chi connectivity index (χ2n) is 9.34. The highest BCUT2D eigenvalue weighted by molar-refractivity contribution is 5.98. The van der Waals surface area contributed by atoms with Crippen LogP contribution in [0.1, 0.15) is 69.0 Å². The average Bonchev–Trinajstić information content (AvgIpc) is 3.60. The third-order valence-corrected chi connectivity index (χ3v) is 7.23. The van der Waals surface area contributed by atoms with Crippen LogP contribution in [0.3, 0.4) is 0 Å². The van der Waals surface area contributed by atoms with Crippen molar-refractivity contribution in [2.45, 2.75) is 57.4 Å². The van der Waals surface area contributed by atoms with Crippen LogP contribution >= 0.6 is 0 Å². The van der Waals surface area contributed by atoms with Gasteiger partial charge in [0.25, 0.3) is 0 Å². The third-order valence-electron chi connectivity index (χ3n) is 7.23. The molecule has 0 N–H and O–H groups in total. The van der Waals surface area contributed by atoms with Gasteiger partial charge >= 0.3 is 0 Å². The van der Waals surface area contributed by atoms with E-state index in [2.05, 4.69) is 20.0 Å². The second-order valence-corrected chi connectivity index (χ2v) is 9.34. The molecule has 33 heavy (non-hydrogen) atoms. The van der Waals surface area contributed by atoms with Crippen LogP contribution in [0.5, 0.6) is 0 Å². The van der Waals surface area contributed by atoms with Gasteiger partial charge in [-0.15, -0.1) is 0 Å². The molecule has 1 amide bonds. The number of hydrogen-bond acceptors (Lipinski definition) is 6. The smallest absolute Gasteiger partial charge is 0.241 e. The summed E-state index contributed by atoms with van der Waals surface area (Å²) in [6, 6.07) is 4.18. The topological polar surface area (TPSA) is 80.3 Å². The standard InChI is InChI=1S/C24H27FN6O2/c1-15-22-21(23-27-24(33-28-23)16-6-2-3-7-16)26-14-30(22)18-9-8-17(25)12-19(18)31(15)20(32)13-29-10-4-5-11-29/h8-9,12,14-16H,2-7,10-11,13H2,1H3/t15-/m1/s1. The quantitative estimate of drug-likeness (QED) is 0.592. The molecule has 2 aromatic heterocycles. The molecule has 9 heteroatoms. The van der Waals surface area contributed by atoms with Crippen LogP contribution in [0.4, 0.5) is 10.1 Å². The lowest BCUT2D eigenvalue weighted by Crippen LogP contribution is -2.43. The molecule has 4 heterocycles. The number of hydrogen-bond donors (Lipinski definition) is 0. The molecule has 1 atom stereocenters. The first kappa shape index (κ1) is 20.5. The van der Waals surface area contributed by atoms with Gasteiger partial charge in [0.05, 0.1) is 29.7 Å². The fraction of sp³-hybridized carbons (Fsp3) is 0.500. The number of anilines is 1. The van der Waals surface area contributed by atoms with E-state index >= 15 is 0 Å². The van der Waals surface area contributed by atoms with Crippen LogP contribution in [-0.4, -0.2) is 50.1 Å². The molecule has 0 spiro atoms. The van der Waals surface area contributed by atoms with Crippen molar-refractivity contribution < 1.29 is 13.7 Å². The van der Waals surface area contributed by atoms with E-state index in [4.69, 9.17) is 4.52 Å². The number of benzene rings is 1. The van der Waals surface area contributed by atoms with Gasteiger partial charge in [-0.25, -0.2) is 9.37 Å². The number of nitrogens with zero attached hydrogens (tertiary/aromatic N) is 6. The van der Waals surface area contributed by atoms with Gasteiger partial charge < -0.3 is 9.42 Å². The van der Waals surface area contributed by atoms with Crippen molar-refractivity contribution in [1.29, 1.82) is 0 Å². The van der Waals surface area contributed by atoms with Crippen LogP contribution in [-0.2, 0) is 4.79 Å². The number of aromatic nitrogens is 4. The Hall–Kier alpha value is -3.07. The highest BCUT2D eigenvalue weighted by atomic mass is 19.1. The van der Waals surface area contributed by atoms with Gasteiger partial charge in [0.1, 0.15) is 17.8 Å². The number of halogens is 1. The van der Waals surface area contributed by atoms with Crippen molar-refractivity contribution in [3.05, 3.63) is 41.9 Å². The van der Waals surface area contributed by atoms with Crippen molar-refractivity contribution in [2.24, 2.45) is 0 Å². The minimum atomic E-state index is -0.372. The van der Waals surface area contributed by atoms with Gasteiger partial charge in [0, 0.05) is 5.92 Å². The molecule has 0 bridgehead atoms. The zero-order chi connectivity index (χ0) is 22.5. The zero-order valence-corrected chi connectivity index (χ0v) is 18.7. The second kappa shape index (κ2) is 8.06. The molecule has 1 aromatic carbocycles. The molecule has 0 radical (unpaired) electrons. The number of fused-ring (bicyclic) bond motifs is 3. The molecular weight excluding hydrogens is 423 g/mol. The molecule has 2 aliphatic heterocycles. The van der Waals surface area contributed by atoms with E-state index in [0.717, 1.165) is 50.2 Å². The predicted molar refractivity (Wildman–Crippen MR) is 120 cm³/mol. The molecule has 0 unspecified atom stereocenters. The minimum absolute atomic E-state index is 0.0468. The zero-order valence-electron chi connectivity index (χ0n) is 18.7. The largest absolute Gasteiger partial charge is 0.339 e. The highest BCUT2D eigenvalue weighted by Crippen LogP contribution is 2.42. The fourth-order valence-corrected chi connectivity index (χ4v) is 5.57. The monoisotopic (exact) mass is 450 g/mol. The summed E-state index contributed by atoms with van der Waals surface area (Å²) in [5.74, 6) is 0.994. The van der Waals surface area contributed by atoms with E-state index in [1.165, 1.54) is 25.0 Å². The summed E-state index contributed by atoms with van der Waals surface area (Å²) < 4.78 is 21.8. The average molecular weight is 451 g/mol. The molecule has 1 aliphatic carbocycles. The van der Waals surface area contributed by atoms with Gasteiger partial charge in [-0.1, -0.05) is 18.0 Å². The van der Waals surface area contributed by atoms with Crippen molar-refractivity contribution in [3.8, 4) is 17.2 Å². The highest BCUT2D eigenvalue weighted by Gasteiger charge is 2.37. The van der Waals surface area contributed by atoms with Crippen LogP contribution in [0.15, 0.2) is 29.0 Å². The van der Waals surface area contributed by atoms with E-state index in [-0.39, 0.29) is 17.8 Å². The summed E-state index contributed by atoms with van der Waals surface area (Å²) in [5.41, 5.74) is 2.69. The number of carbonyl (C=O) groups is 1. The van der Waals surface area contributed by atoms with Crippen LogP contribution in [0, 0.1) is 5.82 Å². The Labute approximate surface area is 191 Å². The van der Waals surface area contributed by atoms with E-state index in [1.54, 1.807) is 17.3 Å². The third kappa shape index (κ3) is 3.45. The normalized spacial score (nSPS) is 20.9. The maximum Gasteiger partial charge on any atom is 0.241 e. The Morgan fingerprint density at radius 1 is 1.15 bits per heavy atom. The Balaban J connectivity index is 1.41. The number of rotatable bonds is 4. The predicted octanol–water partition coefficient (Wildman–Crippen LogP) is 4.22. The summed E-state index contributed by atoms with van der Waals surface area (Å²) in [6.07, 6.45) is 8.40. The first-order valence-electron chi connectivity index (χ1n) is 11.9. The van der Waals surface area contributed by atoms with Crippen LogP contribution < -0.4 is 4.90 Å². The number of imidazole rings is 1. The fourth-order valence-electron chi connectivity index (χ4n) is 5.57. The molecule has 1 saturated heterocycles. The lowest BCUT2D eigenvalue weighted by molar-refractivity contribution is -0.120. The lowest BCUT2D eigenvalue weighted by Gasteiger charge is -2.37. The SMILES string of the molecule is C[C@@H]1c2c(-c3noc(C4CCCC4)n3)ncn2-c2ccc(F)cc2N1C(=O)CN1CCCC1. The summed E-state index contributed by atoms with van der Waals surface area (Å²) in [6.45, 7) is 4.10. The maximum absolute atomic E-state index is 14.3.